The van der Waals surface area contributed by atoms with Crippen molar-refractivity contribution < 1.29 is 4.79 Å². The van der Waals surface area contributed by atoms with Crippen LogP contribution in [0.2, 0.25) is 0 Å². The molecule has 0 saturated heterocycles. The minimum Gasteiger partial charge on any atom is -0.396 e. The molecule has 1 aromatic heterocycles. The highest BCUT2D eigenvalue weighted by Gasteiger charge is 2.20. The number of thiophene rings is 1. The Labute approximate surface area is 97.8 Å². The molecule has 0 aliphatic heterocycles. The molecule has 1 aromatic rings. The van der Waals surface area contributed by atoms with Gasteiger partial charge in [0.15, 0.2) is 0 Å². The molecule has 15 heavy (non-hydrogen) atoms. The standard InChI is InChI=1S/C9H15N3OS2/c1-11-8(13)6-5(10)7(14-4)9(15-6)12(2)3/h10H2,1-4H3,(H,11,13). The van der Waals surface area contributed by atoms with E-state index in [-0.39, 0.29) is 5.91 Å². The molecule has 0 aliphatic rings. The molecular weight excluding hydrogens is 230 g/mol. The van der Waals surface area contributed by atoms with Crippen LogP contribution in [0.25, 0.3) is 0 Å². The van der Waals surface area contributed by atoms with Crippen LogP contribution in [0.3, 0.4) is 0 Å². The first-order valence-electron chi connectivity index (χ1n) is 4.38. The summed E-state index contributed by atoms with van der Waals surface area (Å²) >= 11 is 2.98. The highest BCUT2D eigenvalue weighted by atomic mass is 32.2. The van der Waals surface area contributed by atoms with Gasteiger partial charge in [-0.1, -0.05) is 0 Å². The van der Waals surface area contributed by atoms with Crippen molar-refractivity contribution in [2.24, 2.45) is 0 Å². The Morgan fingerprint density at radius 1 is 1.53 bits per heavy atom. The maximum Gasteiger partial charge on any atom is 0.263 e. The zero-order valence-corrected chi connectivity index (χ0v) is 10.9. The fourth-order valence-electron chi connectivity index (χ4n) is 1.19. The van der Waals surface area contributed by atoms with E-state index in [0.717, 1.165) is 9.90 Å². The van der Waals surface area contributed by atoms with Crippen molar-refractivity contribution in [2.75, 3.05) is 38.0 Å². The number of nitrogen functional groups attached to an aromatic ring is 1. The molecule has 0 bridgehead atoms. The molecule has 0 radical (unpaired) electrons. The van der Waals surface area contributed by atoms with Crippen LogP contribution >= 0.6 is 23.1 Å². The van der Waals surface area contributed by atoms with E-state index in [4.69, 9.17) is 5.73 Å². The molecule has 0 aromatic carbocycles. The van der Waals surface area contributed by atoms with Crippen molar-refractivity contribution in [3.05, 3.63) is 4.88 Å². The fraction of sp³-hybridized carbons (Fsp3) is 0.444. The van der Waals surface area contributed by atoms with Crippen LogP contribution in [-0.2, 0) is 0 Å². The van der Waals surface area contributed by atoms with E-state index in [9.17, 15) is 4.79 Å². The van der Waals surface area contributed by atoms with Crippen LogP contribution in [-0.4, -0.2) is 33.3 Å². The lowest BCUT2D eigenvalue weighted by Gasteiger charge is -2.10. The Kier molecular flexibility index (Phi) is 3.87. The number of nitrogens with one attached hydrogen (secondary N) is 1. The van der Waals surface area contributed by atoms with Gasteiger partial charge in [0.1, 0.15) is 9.88 Å². The molecular formula is C9H15N3OS2. The average Bonchev–Trinajstić information content (AvgIpc) is 2.54. The molecule has 0 fully saturated rings. The number of thioether (sulfide) groups is 1. The lowest BCUT2D eigenvalue weighted by molar-refractivity contribution is 0.0968. The number of hydrogen-bond donors (Lipinski definition) is 2. The number of nitrogens with zero attached hydrogens (tertiary/aromatic N) is 1. The summed E-state index contributed by atoms with van der Waals surface area (Å²) < 4.78 is 0. The lowest BCUT2D eigenvalue weighted by Crippen LogP contribution is -2.17. The summed E-state index contributed by atoms with van der Waals surface area (Å²) in [6, 6.07) is 0. The van der Waals surface area contributed by atoms with Gasteiger partial charge in [-0.3, -0.25) is 4.79 Å². The summed E-state index contributed by atoms with van der Waals surface area (Å²) in [4.78, 5) is 15.1. The van der Waals surface area contributed by atoms with Crippen LogP contribution < -0.4 is 16.0 Å². The molecule has 0 spiro atoms. The van der Waals surface area contributed by atoms with Gasteiger partial charge in [0, 0.05) is 21.1 Å². The number of anilines is 2. The van der Waals surface area contributed by atoms with Gasteiger partial charge in [0.2, 0.25) is 0 Å². The third-order valence-electron chi connectivity index (χ3n) is 1.93. The molecule has 0 unspecified atom stereocenters. The second-order valence-electron chi connectivity index (χ2n) is 3.16. The molecule has 84 valence electrons. The Hall–Kier alpha value is -0.880. The fourth-order valence-corrected chi connectivity index (χ4v) is 3.29. The van der Waals surface area contributed by atoms with E-state index in [1.807, 2.05) is 25.3 Å². The van der Waals surface area contributed by atoms with Gasteiger partial charge in [-0.2, -0.15) is 0 Å². The first kappa shape index (κ1) is 12.2. The van der Waals surface area contributed by atoms with Gasteiger partial charge >= 0.3 is 0 Å². The molecule has 6 heteroatoms. The summed E-state index contributed by atoms with van der Waals surface area (Å²) in [7, 11) is 5.49. The molecule has 1 rings (SSSR count). The largest absolute Gasteiger partial charge is 0.396 e. The lowest BCUT2D eigenvalue weighted by atomic mass is 10.3. The second kappa shape index (κ2) is 4.76. The quantitative estimate of drug-likeness (QED) is 0.792. The minimum absolute atomic E-state index is 0.124. The molecule has 1 heterocycles. The summed E-state index contributed by atoms with van der Waals surface area (Å²) in [5, 5.41) is 3.62. The third kappa shape index (κ3) is 2.21. The van der Waals surface area contributed by atoms with E-state index < -0.39 is 0 Å². The normalized spacial score (nSPS) is 10.1. The molecule has 0 aliphatic carbocycles. The predicted octanol–water partition coefficient (Wildman–Crippen LogP) is 1.48. The van der Waals surface area contributed by atoms with Crippen molar-refractivity contribution >= 4 is 39.7 Å². The zero-order chi connectivity index (χ0) is 11.6. The number of carbonyl (C=O) groups excluding carboxylic acids is 1. The number of hydrogen-bond acceptors (Lipinski definition) is 5. The van der Waals surface area contributed by atoms with Crippen LogP contribution in [0.5, 0.6) is 0 Å². The smallest absolute Gasteiger partial charge is 0.263 e. The molecule has 0 atom stereocenters. The van der Waals surface area contributed by atoms with Crippen molar-refractivity contribution in [2.45, 2.75) is 4.90 Å². The van der Waals surface area contributed by atoms with Crippen LogP contribution in [0.1, 0.15) is 9.67 Å². The maximum absolute atomic E-state index is 11.5. The van der Waals surface area contributed by atoms with Crippen molar-refractivity contribution in [3.63, 3.8) is 0 Å². The summed E-state index contributed by atoms with van der Waals surface area (Å²) in [6.07, 6.45) is 1.96. The second-order valence-corrected chi connectivity index (χ2v) is 4.97. The average molecular weight is 245 g/mol. The maximum atomic E-state index is 11.5. The van der Waals surface area contributed by atoms with Gasteiger partial charge in [-0.15, -0.1) is 23.1 Å². The monoisotopic (exact) mass is 245 g/mol. The SMILES string of the molecule is CNC(=O)c1sc(N(C)C)c(SC)c1N. The highest BCUT2D eigenvalue weighted by Crippen LogP contribution is 2.42. The number of carbonyl (C=O) groups is 1. The zero-order valence-electron chi connectivity index (χ0n) is 9.25. The van der Waals surface area contributed by atoms with E-state index >= 15 is 0 Å². The van der Waals surface area contributed by atoms with Crippen LogP contribution in [0.4, 0.5) is 10.7 Å². The van der Waals surface area contributed by atoms with E-state index in [1.165, 1.54) is 11.3 Å². The summed E-state index contributed by atoms with van der Waals surface area (Å²) in [5.41, 5.74) is 6.51. The molecule has 1 amide bonds. The van der Waals surface area contributed by atoms with E-state index in [0.29, 0.717) is 10.6 Å². The third-order valence-corrected chi connectivity index (χ3v) is 4.25. The molecule has 3 N–H and O–H groups in total. The number of rotatable bonds is 3. The Morgan fingerprint density at radius 3 is 2.47 bits per heavy atom. The molecule has 4 nitrogen and oxygen atoms in total. The number of amides is 1. The summed E-state index contributed by atoms with van der Waals surface area (Å²) in [5.74, 6) is -0.124. The van der Waals surface area contributed by atoms with Crippen LogP contribution in [0.15, 0.2) is 4.90 Å². The van der Waals surface area contributed by atoms with Gasteiger partial charge in [0.25, 0.3) is 5.91 Å². The van der Waals surface area contributed by atoms with Crippen molar-refractivity contribution in [3.8, 4) is 0 Å². The Balaban J connectivity index is 3.27. The summed E-state index contributed by atoms with van der Waals surface area (Å²) in [6.45, 7) is 0. The van der Waals surface area contributed by atoms with Crippen molar-refractivity contribution in [1.29, 1.82) is 0 Å². The minimum atomic E-state index is -0.124. The van der Waals surface area contributed by atoms with Crippen LogP contribution in [0, 0.1) is 0 Å². The topological polar surface area (TPSA) is 58.4 Å². The number of nitrogens with two attached hydrogens (primary N) is 1. The van der Waals surface area contributed by atoms with Crippen molar-refractivity contribution in [1.82, 2.24) is 5.32 Å². The van der Waals surface area contributed by atoms with E-state index in [1.54, 1.807) is 18.8 Å². The van der Waals surface area contributed by atoms with Gasteiger partial charge in [-0.05, 0) is 6.26 Å². The Bertz CT molecular complexity index is 374. The molecule has 0 saturated carbocycles. The first-order valence-corrected chi connectivity index (χ1v) is 6.42. The first-order chi connectivity index (χ1) is 7.02. The van der Waals surface area contributed by atoms with Gasteiger partial charge < -0.3 is 16.0 Å². The predicted molar refractivity (Wildman–Crippen MR) is 68.2 cm³/mol. The van der Waals surface area contributed by atoms with Gasteiger partial charge in [0.05, 0.1) is 10.6 Å². The highest BCUT2D eigenvalue weighted by molar-refractivity contribution is 7.99. The van der Waals surface area contributed by atoms with E-state index in [2.05, 4.69) is 5.32 Å². The van der Waals surface area contributed by atoms with Gasteiger partial charge in [-0.25, -0.2) is 0 Å². The Morgan fingerprint density at radius 2 is 2.13 bits per heavy atom.